The number of nitrogens with two attached hydrogens (primary N) is 1. The van der Waals surface area contributed by atoms with Crippen molar-refractivity contribution in [1.29, 1.82) is 0 Å². The SMILES string of the molecule is CC(=O)CCn1c[c]nc1C(N)=O. The predicted molar refractivity (Wildman–Crippen MR) is 44.9 cm³/mol. The summed E-state index contributed by atoms with van der Waals surface area (Å²) in [6.45, 7) is 1.91. The standard InChI is InChI=1S/C8H10N3O2/c1-6(12)2-4-11-5-3-10-8(11)7(9)13/h5H,2,4H2,1H3,(H2,9,13). The van der Waals surface area contributed by atoms with Crippen molar-refractivity contribution in [2.75, 3.05) is 0 Å². The van der Waals surface area contributed by atoms with E-state index in [0.29, 0.717) is 13.0 Å². The van der Waals surface area contributed by atoms with E-state index in [9.17, 15) is 9.59 Å². The molecule has 1 rings (SSSR count). The number of nitrogens with zero attached hydrogens (tertiary/aromatic N) is 2. The van der Waals surface area contributed by atoms with E-state index in [0.717, 1.165) is 0 Å². The molecular formula is C8H10N3O2. The molecule has 69 valence electrons. The van der Waals surface area contributed by atoms with E-state index in [-0.39, 0.29) is 11.6 Å². The lowest BCUT2D eigenvalue weighted by Crippen LogP contribution is -2.18. The van der Waals surface area contributed by atoms with Crippen molar-refractivity contribution in [2.45, 2.75) is 19.9 Å². The van der Waals surface area contributed by atoms with Crippen LogP contribution in [0.4, 0.5) is 0 Å². The first-order chi connectivity index (χ1) is 6.11. The summed E-state index contributed by atoms with van der Waals surface area (Å²) in [6.07, 6.45) is 4.37. The summed E-state index contributed by atoms with van der Waals surface area (Å²) in [5, 5.41) is 0. The predicted octanol–water partition coefficient (Wildman–Crippen LogP) is -0.239. The van der Waals surface area contributed by atoms with Crippen molar-refractivity contribution < 1.29 is 9.59 Å². The van der Waals surface area contributed by atoms with Gasteiger partial charge in [-0.2, -0.15) is 0 Å². The Bertz CT molecular complexity index is 330. The highest BCUT2D eigenvalue weighted by Gasteiger charge is 2.08. The monoisotopic (exact) mass is 180 g/mol. The third-order valence-corrected chi connectivity index (χ3v) is 1.58. The normalized spacial score (nSPS) is 9.92. The zero-order valence-electron chi connectivity index (χ0n) is 7.28. The second-order valence-corrected chi connectivity index (χ2v) is 2.70. The van der Waals surface area contributed by atoms with Gasteiger partial charge < -0.3 is 10.3 Å². The number of primary amides is 1. The van der Waals surface area contributed by atoms with Crippen LogP contribution in [0.15, 0.2) is 6.20 Å². The summed E-state index contributed by atoms with van der Waals surface area (Å²) >= 11 is 0. The molecule has 13 heavy (non-hydrogen) atoms. The molecule has 0 spiro atoms. The molecule has 1 heterocycles. The van der Waals surface area contributed by atoms with E-state index in [1.54, 1.807) is 0 Å². The van der Waals surface area contributed by atoms with Crippen LogP contribution in [0.5, 0.6) is 0 Å². The van der Waals surface area contributed by atoms with Gasteiger partial charge in [-0.1, -0.05) is 0 Å². The minimum Gasteiger partial charge on any atom is -0.363 e. The maximum atomic E-state index is 10.8. The maximum absolute atomic E-state index is 10.8. The lowest BCUT2D eigenvalue weighted by molar-refractivity contribution is -0.117. The van der Waals surface area contributed by atoms with Gasteiger partial charge in [0.15, 0.2) is 5.82 Å². The van der Waals surface area contributed by atoms with Crippen LogP contribution in [0.3, 0.4) is 0 Å². The topological polar surface area (TPSA) is 78.0 Å². The van der Waals surface area contributed by atoms with Gasteiger partial charge in [0.25, 0.3) is 5.91 Å². The molecular weight excluding hydrogens is 170 g/mol. The minimum atomic E-state index is -0.607. The zero-order chi connectivity index (χ0) is 9.84. The highest BCUT2D eigenvalue weighted by atomic mass is 16.1. The van der Waals surface area contributed by atoms with Gasteiger partial charge in [-0.15, -0.1) is 0 Å². The molecule has 0 saturated heterocycles. The Hall–Kier alpha value is -1.65. The highest BCUT2D eigenvalue weighted by molar-refractivity contribution is 5.89. The van der Waals surface area contributed by atoms with Crippen LogP contribution in [0, 0.1) is 6.20 Å². The molecule has 1 radical (unpaired) electrons. The zero-order valence-corrected chi connectivity index (χ0v) is 7.28. The lowest BCUT2D eigenvalue weighted by atomic mass is 10.3. The molecule has 0 saturated carbocycles. The number of carbonyl (C=O) groups excluding carboxylic acids is 2. The number of hydrogen-bond donors (Lipinski definition) is 1. The van der Waals surface area contributed by atoms with Crippen LogP contribution < -0.4 is 5.73 Å². The smallest absolute Gasteiger partial charge is 0.284 e. The van der Waals surface area contributed by atoms with Gasteiger partial charge >= 0.3 is 0 Å². The second kappa shape index (κ2) is 3.84. The number of ketones is 1. The quantitative estimate of drug-likeness (QED) is 0.694. The van der Waals surface area contributed by atoms with Gasteiger partial charge in [-0.05, 0) is 6.92 Å². The molecule has 0 aliphatic carbocycles. The third-order valence-electron chi connectivity index (χ3n) is 1.58. The van der Waals surface area contributed by atoms with Crippen molar-refractivity contribution >= 4 is 11.7 Å². The van der Waals surface area contributed by atoms with E-state index in [2.05, 4.69) is 11.2 Å². The van der Waals surface area contributed by atoms with Crippen LogP contribution in [0.2, 0.25) is 0 Å². The van der Waals surface area contributed by atoms with Crippen molar-refractivity contribution in [2.24, 2.45) is 5.73 Å². The van der Waals surface area contributed by atoms with Crippen LogP contribution in [-0.4, -0.2) is 21.2 Å². The van der Waals surface area contributed by atoms with Crippen molar-refractivity contribution in [1.82, 2.24) is 9.55 Å². The Morgan fingerprint density at radius 2 is 2.38 bits per heavy atom. The van der Waals surface area contributed by atoms with Gasteiger partial charge in [0.2, 0.25) is 0 Å². The van der Waals surface area contributed by atoms with E-state index in [4.69, 9.17) is 5.73 Å². The molecule has 1 aromatic rings. The Morgan fingerprint density at radius 3 is 2.92 bits per heavy atom. The fourth-order valence-corrected chi connectivity index (χ4v) is 0.930. The fourth-order valence-electron chi connectivity index (χ4n) is 0.930. The number of carbonyl (C=O) groups is 2. The van der Waals surface area contributed by atoms with Crippen LogP contribution in [0.1, 0.15) is 24.0 Å². The van der Waals surface area contributed by atoms with E-state index >= 15 is 0 Å². The van der Waals surface area contributed by atoms with Crippen molar-refractivity contribution in [3.05, 3.63) is 18.2 Å². The summed E-state index contributed by atoms with van der Waals surface area (Å²) in [6, 6.07) is 0. The average Bonchev–Trinajstić information content (AvgIpc) is 2.47. The molecule has 5 heteroatoms. The maximum Gasteiger partial charge on any atom is 0.284 e. The molecule has 0 aromatic carbocycles. The van der Waals surface area contributed by atoms with E-state index in [1.807, 2.05) is 0 Å². The van der Waals surface area contributed by atoms with Crippen molar-refractivity contribution in [3.63, 3.8) is 0 Å². The minimum absolute atomic E-state index is 0.0594. The number of aryl methyl sites for hydroxylation is 1. The highest BCUT2D eigenvalue weighted by Crippen LogP contribution is 1.98. The first kappa shape index (κ1) is 9.44. The summed E-state index contributed by atoms with van der Waals surface area (Å²) in [5.74, 6) is -0.407. The molecule has 0 aliphatic rings. The van der Waals surface area contributed by atoms with Gasteiger partial charge in [-0.3, -0.25) is 9.59 Å². The summed E-state index contributed by atoms with van der Waals surface area (Å²) in [5.41, 5.74) is 5.04. The molecule has 2 N–H and O–H groups in total. The molecule has 1 amide bonds. The van der Waals surface area contributed by atoms with Gasteiger partial charge in [-0.25, -0.2) is 4.98 Å². The molecule has 0 unspecified atom stereocenters. The number of Topliss-reactive ketones (excluding diaryl/α,β-unsaturated/α-hetero) is 1. The summed E-state index contributed by atoms with van der Waals surface area (Å²) < 4.78 is 1.52. The number of aromatic nitrogens is 2. The number of amides is 1. The number of imidazole rings is 1. The molecule has 0 bridgehead atoms. The first-order valence-corrected chi connectivity index (χ1v) is 3.83. The lowest BCUT2D eigenvalue weighted by Gasteiger charge is -2.02. The van der Waals surface area contributed by atoms with Gasteiger partial charge in [0, 0.05) is 19.2 Å². The van der Waals surface area contributed by atoms with Crippen LogP contribution in [0.25, 0.3) is 0 Å². The largest absolute Gasteiger partial charge is 0.363 e. The second-order valence-electron chi connectivity index (χ2n) is 2.70. The molecule has 5 nitrogen and oxygen atoms in total. The Balaban J connectivity index is 2.71. The average molecular weight is 180 g/mol. The fraction of sp³-hybridized carbons (Fsp3) is 0.375. The van der Waals surface area contributed by atoms with Gasteiger partial charge in [0.05, 0.1) is 0 Å². The summed E-state index contributed by atoms with van der Waals surface area (Å²) in [4.78, 5) is 25.1. The molecule has 1 aromatic heterocycles. The van der Waals surface area contributed by atoms with E-state index < -0.39 is 5.91 Å². The number of rotatable bonds is 4. The Kier molecular flexibility index (Phi) is 2.79. The molecule has 0 atom stereocenters. The summed E-state index contributed by atoms with van der Waals surface area (Å²) in [7, 11) is 0. The Morgan fingerprint density at radius 1 is 1.69 bits per heavy atom. The van der Waals surface area contributed by atoms with Crippen LogP contribution in [-0.2, 0) is 11.3 Å². The van der Waals surface area contributed by atoms with Crippen LogP contribution >= 0.6 is 0 Å². The van der Waals surface area contributed by atoms with Crippen molar-refractivity contribution in [3.8, 4) is 0 Å². The van der Waals surface area contributed by atoms with E-state index in [1.165, 1.54) is 17.7 Å². The molecule has 0 fully saturated rings. The van der Waals surface area contributed by atoms with Gasteiger partial charge in [0.1, 0.15) is 12.0 Å². The number of hydrogen-bond acceptors (Lipinski definition) is 3. The Labute approximate surface area is 75.6 Å². The third kappa shape index (κ3) is 2.40. The molecule has 0 aliphatic heterocycles. The first-order valence-electron chi connectivity index (χ1n) is 3.83.